The minimum atomic E-state index is -0.0537. The van der Waals surface area contributed by atoms with E-state index in [2.05, 4.69) is 25.5 Å². The second-order valence-corrected chi connectivity index (χ2v) is 4.90. The van der Waals surface area contributed by atoms with E-state index in [0.717, 1.165) is 5.56 Å². The highest BCUT2D eigenvalue weighted by Crippen LogP contribution is 2.38. The quantitative estimate of drug-likeness (QED) is 0.565. The minimum absolute atomic E-state index is 0.0537. The van der Waals surface area contributed by atoms with E-state index in [0.29, 0.717) is 5.75 Å². The van der Waals surface area contributed by atoms with Gasteiger partial charge in [0.2, 0.25) is 0 Å². The van der Waals surface area contributed by atoms with Gasteiger partial charge < -0.3 is 5.11 Å². The van der Waals surface area contributed by atoms with E-state index in [1.165, 1.54) is 10.8 Å². The van der Waals surface area contributed by atoms with Crippen LogP contribution in [0.25, 0.3) is 0 Å². The van der Waals surface area contributed by atoms with Gasteiger partial charge in [-0.3, -0.25) is 0 Å². The van der Waals surface area contributed by atoms with E-state index in [-0.39, 0.29) is 4.75 Å². The van der Waals surface area contributed by atoms with Crippen molar-refractivity contribution in [2.24, 2.45) is 0 Å². The first-order chi connectivity index (χ1) is 5.56. The Hall–Kier alpha value is -0.280. The van der Waals surface area contributed by atoms with Gasteiger partial charge in [-0.25, -0.2) is 0 Å². The first kappa shape index (κ1) is 9.81. The standard InChI is InChI=1S/C9H12OS2/c1-9(2,12-11)7-4-3-5-8(10)6-7/h3-6,10-11H,1-2H3. The molecule has 0 fully saturated rings. The summed E-state index contributed by atoms with van der Waals surface area (Å²) in [5.41, 5.74) is 1.09. The summed E-state index contributed by atoms with van der Waals surface area (Å²) in [7, 11) is 1.47. The first-order valence-corrected chi connectivity index (χ1v) is 5.55. The normalized spacial score (nSPS) is 11.6. The predicted octanol–water partition coefficient (Wildman–Crippen LogP) is 3.21. The molecule has 3 heteroatoms. The van der Waals surface area contributed by atoms with Crippen LogP contribution in [0.5, 0.6) is 5.75 Å². The van der Waals surface area contributed by atoms with Gasteiger partial charge in [0.1, 0.15) is 5.75 Å². The topological polar surface area (TPSA) is 20.2 Å². The molecule has 0 aromatic heterocycles. The zero-order valence-electron chi connectivity index (χ0n) is 7.11. The van der Waals surface area contributed by atoms with E-state index in [1.54, 1.807) is 12.1 Å². The third-order valence-electron chi connectivity index (χ3n) is 1.77. The number of phenolic OH excluding ortho intramolecular Hbond substituents is 1. The van der Waals surface area contributed by atoms with Crippen LogP contribution < -0.4 is 0 Å². The molecule has 66 valence electrons. The molecule has 0 radical (unpaired) electrons. The number of phenols is 1. The summed E-state index contributed by atoms with van der Waals surface area (Å²) in [4.78, 5) is 0. The average Bonchev–Trinajstić information content (AvgIpc) is 2.05. The third kappa shape index (κ3) is 2.11. The van der Waals surface area contributed by atoms with Crippen LogP contribution in [0.15, 0.2) is 24.3 Å². The number of aromatic hydroxyl groups is 1. The van der Waals surface area contributed by atoms with Crippen LogP contribution >= 0.6 is 22.5 Å². The van der Waals surface area contributed by atoms with E-state index in [9.17, 15) is 5.11 Å². The van der Waals surface area contributed by atoms with Gasteiger partial charge in [-0.15, -0.1) is 11.7 Å². The van der Waals surface area contributed by atoms with Crippen LogP contribution in [-0.2, 0) is 4.75 Å². The fourth-order valence-electron chi connectivity index (χ4n) is 0.933. The highest BCUT2D eigenvalue weighted by atomic mass is 33.1. The zero-order valence-corrected chi connectivity index (χ0v) is 8.82. The van der Waals surface area contributed by atoms with Crippen molar-refractivity contribution < 1.29 is 5.11 Å². The Bertz CT molecular complexity index is 271. The summed E-state index contributed by atoms with van der Waals surface area (Å²) < 4.78 is -0.0537. The number of benzene rings is 1. The van der Waals surface area contributed by atoms with Crippen molar-refractivity contribution >= 4 is 22.5 Å². The van der Waals surface area contributed by atoms with Crippen LogP contribution in [0.1, 0.15) is 19.4 Å². The summed E-state index contributed by atoms with van der Waals surface area (Å²) in [6, 6.07) is 7.27. The second kappa shape index (κ2) is 3.62. The van der Waals surface area contributed by atoms with Crippen molar-refractivity contribution in [3.05, 3.63) is 29.8 Å². The summed E-state index contributed by atoms with van der Waals surface area (Å²) >= 11 is 4.18. The maximum Gasteiger partial charge on any atom is 0.115 e. The van der Waals surface area contributed by atoms with Crippen LogP contribution in [0.2, 0.25) is 0 Å². The molecule has 0 bridgehead atoms. The third-order valence-corrected chi connectivity index (χ3v) is 3.83. The molecule has 0 aliphatic rings. The lowest BCUT2D eigenvalue weighted by molar-refractivity contribution is 0.473. The SMILES string of the molecule is CC(C)(SS)c1cccc(O)c1. The van der Waals surface area contributed by atoms with E-state index in [4.69, 9.17) is 0 Å². The first-order valence-electron chi connectivity index (χ1n) is 3.68. The predicted molar refractivity (Wildman–Crippen MR) is 57.7 cm³/mol. The molecule has 0 aliphatic carbocycles. The summed E-state index contributed by atoms with van der Waals surface area (Å²) in [5, 5.41) is 9.24. The lowest BCUT2D eigenvalue weighted by Gasteiger charge is -2.21. The molecular weight excluding hydrogens is 188 g/mol. The van der Waals surface area contributed by atoms with Crippen molar-refractivity contribution in [3.63, 3.8) is 0 Å². The van der Waals surface area contributed by atoms with E-state index < -0.39 is 0 Å². The van der Waals surface area contributed by atoms with E-state index in [1.807, 2.05) is 12.1 Å². The lowest BCUT2D eigenvalue weighted by atomic mass is 10.0. The van der Waals surface area contributed by atoms with Crippen LogP contribution in [0, 0.1) is 0 Å². The largest absolute Gasteiger partial charge is 0.508 e. The van der Waals surface area contributed by atoms with Gasteiger partial charge in [0.25, 0.3) is 0 Å². The van der Waals surface area contributed by atoms with Crippen LogP contribution in [-0.4, -0.2) is 5.11 Å². The van der Waals surface area contributed by atoms with Crippen LogP contribution in [0.3, 0.4) is 0 Å². The van der Waals surface area contributed by atoms with Gasteiger partial charge in [-0.05, 0) is 31.5 Å². The Labute approximate surface area is 82.0 Å². The van der Waals surface area contributed by atoms with Crippen LogP contribution in [0.4, 0.5) is 0 Å². The molecule has 0 saturated carbocycles. The summed E-state index contributed by atoms with van der Waals surface area (Å²) in [6.07, 6.45) is 0. The van der Waals surface area contributed by atoms with Crippen molar-refractivity contribution in [3.8, 4) is 5.75 Å². The number of rotatable bonds is 2. The molecular formula is C9H12OS2. The molecule has 0 spiro atoms. The Morgan fingerprint density at radius 2 is 2.08 bits per heavy atom. The summed E-state index contributed by atoms with van der Waals surface area (Å²) in [6.45, 7) is 4.14. The maximum atomic E-state index is 9.24. The summed E-state index contributed by atoms with van der Waals surface area (Å²) in [5.74, 6) is 0.308. The second-order valence-electron chi connectivity index (χ2n) is 3.15. The lowest BCUT2D eigenvalue weighted by Crippen LogP contribution is -2.09. The Morgan fingerprint density at radius 3 is 2.58 bits per heavy atom. The van der Waals surface area contributed by atoms with Gasteiger partial charge in [-0.2, -0.15) is 0 Å². The molecule has 1 nitrogen and oxygen atoms in total. The molecule has 1 N–H and O–H groups in total. The maximum absolute atomic E-state index is 9.24. The molecule has 1 aromatic rings. The smallest absolute Gasteiger partial charge is 0.115 e. The molecule has 1 aromatic carbocycles. The fraction of sp³-hybridized carbons (Fsp3) is 0.333. The zero-order chi connectivity index (χ0) is 9.19. The molecule has 0 aliphatic heterocycles. The Kier molecular flexibility index (Phi) is 2.96. The van der Waals surface area contributed by atoms with Gasteiger partial charge in [-0.1, -0.05) is 22.9 Å². The highest BCUT2D eigenvalue weighted by molar-refractivity contribution is 8.68. The van der Waals surface area contributed by atoms with Crippen molar-refractivity contribution in [1.29, 1.82) is 0 Å². The van der Waals surface area contributed by atoms with Gasteiger partial charge in [0, 0.05) is 4.75 Å². The average molecular weight is 200 g/mol. The van der Waals surface area contributed by atoms with Crippen molar-refractivity contribution in [2.75, 3.05) is 0 Å². The van der Waals surface area contributed by atoms with E-state index >= 15 is 0 Å². The molecule has 0 atom stereocenters. The van der Waals surface area contributed by atoms with Gasteiger partial charge in [0.05, 0.1) is 0 Å². The Balaban J connectivity index is 3.03. The number of thiol groups is 1. The highest BCUT2D eigenvalue weighted by Gasteiger charge is 2.19. The number of hydrogen-bond acceptors (Lipinski definition) is 3. The fourth-order valence-corrected chi connectivity index (χ4v) is 1.48. The van der Waals surface area contributed by atoms with Gasteiger partial charge in [0.15, 0.2) is 0 Å². The molecule has 0 heterocycles. The number of hydrogen-bond donors (Lipinski definition) is 2. The molecule has 12 heavy (non-hydrogen) atoms. The van der Waals surface area contributed by atoms with Crippen molar-refractivity contribution in [1.82, 2.24) is 0 Å². The minimum Gasteiger partial charge on any atom is -0.508 e. The van der Waals surface area contributed by atoms with Crippen molar-refractivity contribution in [2.45, 2.75) is 18.6 Å². The molecule has 0 amide bonds. The Morgan fingerprint density at radius 1 is 1.42 bits per heavy atom. The van der Waals surface area contributed by atoms with Gasteiger partial charge >= 0.3 is 0 Å². The monoisotopic (exact) mass is 200 g/mol. The molecule has 0 saturated heterocycles. The molecule has 1 rings (SSSR count). The molecule has 0 unspecified atom stereocenters.